The number of likely N-dealkylation sites (N-methyl/N-ethyl adjacent to an activating group) is 1. The summed E-state index contributed by atoms with van der Waals surface area (Å²) >= 11 is 0. The zero-order chi connectivity index (χ0) is 23.9. The third-order valence-corrected chi connectivity index (χ3v) is 8.00. The van der Waals surface area contributed by atoms with E-state index in [-0.39, 0.29) is 29.7 Å². The van der Waals surface area contributed by atoms with Gasteiger partial charge in [0.2, 0.25) is 5.91 Å². The van der Waals surface area contributed by atoms with Gasteiger partial charge in [0.15, 0.2) is 0 Å². The number of carbonyl (C=O) groups is 2. The molecule has 4 heteroatoms. The molecule has 0 bridgehead atoms. The lowest BCUT2D eigenvalue weighted by molar-refractivity contribution is -0.141. The largest absolute Gasteiger partial charge is 0.335 e. The first kappa shape index (κ1) is 24.7. The highest BCUT2D eigenvalue weighted by molar-refractivity contribution is 5.90. The van der Waals surface area contributed by atoms with E-state index in [1.54, 1.807) is 0 Å². The van der Waals surface area contributed by atoms with Gasteiger partial charge >= 0.3 is 0 Å². The molecule has 2 aromatic carbocycles. The van der Waals surface area contributed by atoms with Crippen LogP contribution in [0.3, 0.4) is 0 Å². The molecule has 1 heterocycles. The van der Waals surface area contributed by atoms with E-state index >= 15 is 0 Å². The van der Waals surface area contributed by atoms with Crippen LogP contribution in [0.15, 0.2) is 54.6 Å². The van der Waals surface area contributed by atoms with E-state index in [1.165, 1.54) is 36.0 Å². The molecule has 34 heavy (non-hydrogen) atoms. The summed E-state index contributed by atoms with van der Waals surface area (Å²) in [5.74, 6) is 0.517. The molecular weight excluding hydrogens is 420 g/mol. The fourth-order valence-electron chi connectivity index (χ4n) is 5.88. The first-order valence-corrected chi connectivity index (χ1v) is 13.2. The molecule has 1 amide bonds. The summed E-state index contributed by atoms with van der Waals surface area (Å²) in [5, 5.41) is 3.07. The van der Waals surface area contributed by atoms with E-state index in [2.05, 4.69) is 58.7 Å². The van der Waals surface area contributed by atoms with Crippen LogP contribution in [0.4, 0.5) is 0 Å². The molecule has 1 N–H and O–H groups in total. The molecule has 1 saturated carbocycles. The number of amides is 1. The molecule has 1 saturated heterocycles. The zero-order valence-electron chi connectivity index (χ0n) is 20.8. The Morgan fingerprint density at radius 1 is 0.941 bits per heavy atom. The monoisotopic (exact) mass is 460 g/mol. The molecule has 0 aromatic heterocycles. The van der Waals surface area contributed by atoms with Crippen molar-refractivity contribution in [3.63, 3.8) is 0 Å². The molecule has 3 atom stereocenters. The van der Waals surface area contributed by atoms with Crippen LogP contribution in [-0.2, 0) is 16.0 Å². The second-order valence-electron chi connectivity index (χ2n) is 10.3. The first-order valence-electron chi connectivity index (χ1n) is 13.2. The van der Waals surface area contributed by atoms with Crippen molar-refractivity contribution in [2.75, 3.05) is 13.6 Å². The van der Waals surface area contributed by atoms with E-state index < -0.39 is 0 Å². The van der Waals surface area contributed by atoms with E-state index in [0.29, 0.717) is 12.3 Å². The minimum absolute atomic E-state index is 0.117. The fourth-order valence-corrected chi connectivity index (χ4v) is 5.88. The SMILES string of the molecule is CN[C@@H](C)C(=O)C[C@H](C(=O)N1CCC[C@@H]1c1cccc(Cc2ccccc2)c1)C1CCCCC1. The Kier molecular flexibility index (Phi) is 8.55. The Balaban J connectivity index is 1.53. The van der Waals surface area contributed by atoms with E-state index in [0.717, 1.165) is 38.6 Å². The maximum Gasteiger partial charge on any atom is 0.226 e. The van der Waals surface area contributed by atoms with Crippen molar-refractivity contribution in [1.29, 1.82) is 0 Å². The number of likely N-dealkylation sites (tertiary alicyclic amines) is 1. The lowest BCUT2D eigenvalue weighted by atomic mass is 9.76. The number of benzene rings is 2. The average molecular weight is 461 g/mol. The normalized spacial score (nSPS) is 20.8. The molecule has 0 radical (unpaired) electrons. The number of hydrogen-bond donors (Lipinski definition) is 1. The van der Waals surface area contributed by atoms with Crippen molar-refractivity contribution in [2.24, 2.45) is 11.8 Å². The van der Waals surface area contributed by atoms with Crippen molar-refractivity contribution in [2.45, 2.75) is 76.8 Å². The van der Waals surface area contributed by atoms with Crippen LogP contribution in [0.1, 0.15) is 81.0 Å². The number of nitrogens with one attached hydrogen (secondary N) is 1. The first-order chi connectivity index (χ1) is 16.6. The van der Waals surface area contributed by atoms with Gasteiger partial charge in [-0.05, 0) is 68.7 Å². The van der Waals surface area contributed by atoms with Crippen LogP contribution in [0, 0.1) is 11.8 Å². The molecule has 1 aliphatic carbocycles. The quantitative estimate of drug-likeness (QED) is 0.522. The summed E-state index contributed by atoms with van der Waals surface area (Å²) in [6.45, 7) is 2.70. The van der Waals surface area contributed by atoms with Crippen LogP contribution in [-0.4, -0.2) is 36.2 Å². The molecule has 2 fully saturated rings. The molecule has 4 rings (SSSR count). The molecule has 2 aromatic rings. The summed E-state index contributed by atoms with van der Waals surface area (Å²) in [6, 6.07) is 19.2. The molecular formula is C30H40N2O2. The van der Waals surface area contributed by atoms with Crippen LogP contribution >= 0.6 is 0 Å². The Labute approximate surface area is 205 Å². The van der Waals surface area contributed by atoms with Crippen molar-refractivity contribution < 1.29 is 9.59 Å². The Bertz CT molecular complexity index is 951. The molecule has 2 aliphatic rings. The lowest BCUT2D eigenvalue weighted by Gasteiger charge is -2.35. The molecule has 1 aliphatic heterocycles. The molecule has 182 valence electrons. The van der Waals surface area contributed by atoms with E-state index in [9.17, 15) is 9.59 Å². The summed E-state index contributed by atoms with van der Waals surface area (Å²) in [6.07, 6.45) is 9.03. The van der Waals surface area contributed by atoms with E-state index in [4.69, 9.17) is 0 Å². The number of ketones is 1. The van der Waals surface area contributed by atoms with Gasteiger partial charge < -0.3 is 10.2 Å². The number of Topliss-reactive ketones (excluding diaryl/α,β-unsaturated/α-hetero) is 1. The maximum absolute atomic E-state index is 14.0. The number of rotatable bonds is 9. The Morgan fingerprint density at radius 3 is 2.41 bits per heavy atom. The highest BCUT2D eigenvalue weighted by Gasteiger charge is 2.39. The van der Waals surface area contributed by atoms with Crippen LogP contribution in [0.25, 0.3) is 0 Å². The van der Waals surface area contributed by atoms with Gasteiger partial charge in [0.05, 0.1) is 12.1 Å². The van der Waals surface area contributed by atoms with Crippen molar-refractivity contribution >= 4 is 11.7 Å². The van der Waals surface area contributed by atoms with Gasteiger partial charge in [-0.3, -0.25) is 9.59 Å². The second-order valence-corrected chi connectivity index (χ2v) is 10.3. The predicted octanol–water partition coefficient (Wildman–Crippen LogP) is 5.70. The Hall–Kier alpha value is -2.46. The van der Waals surface area contributed by atoms with Gasteiger partial charge in [-0.1, -0.05) is 73.9 Å². The average Bonchev–Trinajstić information content (AvgIpc) is 3.38. The lowest BCUT2D eigenvalue weighted by Crippen LogP contribution is -2.42. The minimum Gasteiger partial charge on any atom is -0.335 e. The highest BCUT2D eigenvalue weighted by Crippen LogP contribution is 2.38. The number of hydrogen-bond acceptors (Lipinski definition) is 3. The second kappa shape index (κ2) is 11.8. The number of nitrogens with zero attached hydrogens (tertiary/aromatic N) is 1. The van der Waals surface area contributed by atoms with Gasteiger partial charge in [0, 0.05) is 18.9 Å². The van der Waals surface area contributed by atoms with Crippen molar-refractivity contribution in [3.8, 4) is 0 Å². The summed E-state index contributed by atoms with van der Waals surface area (Å²) in [7, 11) is 1.82. The Morgan fingerprint density at radius 2 is 1.68 bits per heavy atom. The van der Waals surface area contributed by atoms with Gasteiger partial charge in [-0.25, -0.2) is 0 Å². The predicted molar refractivity (Wildman–Crippen MR) is 138 cm³/mol. The maximum atomic E-state index is 14.0. The molecule has 0 spiro atoms. The smallest absolute Gasteiger partial charge is 0.226 e. The van der Waals surface area contributed by atoms with Gasteiger partial charge in [-0.15, -0.1) is 0 Å². The minimum atomic E-state index is -0.206. The standard InChI is InChI=1S/C30H40N2O2/c1-22(31-2)29(33)21-27(25-14-7-4-8-15-25)30(34)32-18-10-17-28(32)26-16-9-13-24(20-26)19-23-11-5-3-6-12-23/h3,5-6,9,11-13,16,20,22,25,27-28,31H,4,7-8,10,14-15,17-19,21H2,1-2H3/t22-,27-,28+/m0/s1. The van der Waals surface area contributed by atoms with Crippen LogP contribution in [0.5, 0.6) is 0 Å². The van der Waals surface area contributed by atoms with Gasteiger partial charge in [-0.2, -0.15) is 0 Å². The summed E-state index contributed by atoms with van der Waals surface area (Å²) in [4.78, 5) is 29.0. The zero-order valence-corrected chi connectivity index (χ0v) is 20.8. The highest BCUT2D eigenvalue weighted by atomic mass is 16.2. The molecule has 4 nitrogen and oxygen atoms in total. The van der Waals surface area contributed by atoms with Gasteiger partial charge in [0.25, 0.3) is 0 Å². The summed E-state index contributed by atoms with van der Waals surface area (Å²) < 4.78 is 0. The van der Waals surface area contributed by atoms with Gasteiger partial charge in [0.1, 0.15) is 5.78 Å². The molecule has 0 unspecified atom stereocenters. The van der Waals surface area contributed by atoms with Crippen LogP contribution in [0.2, 0.25) is 0 Å². The fraction of sp³-hybridized carbons (Fsp3) is 0.533. The van der Waals surface area contributed by atoms with E-state index in [1.807, 2.05) is 20.0 Å². The number of carbonyl (C=O) groups excluding carboxylic acids is 2. The van der Waals surface area contributed by atoms with Crippen LogP contribution < -0.4 is 5.32 Å². The van der Waals surface area contributed by atoms with Crippen molar-refractivity contribution in [1.82, 2.24) is 10.2 Å². The topological polar surface area (TPSA) is 49.4 Å². The summed E-state index contributed by atoms with van der Waals surface area (Å²) in [5.41, 5.74) is 3.81. The van der Waals surface area contributed by atoms with Crippen molar-refractivity contribution in [3.05, 3.63) is 71.3 Å². The third-order valence-electron chi connectivity index (χ3n) is 8.00. The third kappa shape index (κ3) is 5.96.